The maximum atomic E-state index is 5.11. The fraction of sp³-hybridized carbons (Fsp3) is 0.824. The van der Waals surface area contributed by atoms with Gasteiger partial charge in [0.1, 0.15) is 12.2 Å². The van der Waals surface area contributed by atoms with Gasteiger partial charge in [0.05, 0.1) is 13.2 Å². The Labute approximate surface area is 145 Å². The predicted molar refractivity (Wildman–Crippen MR) is 96.1 cm³/mol. The van der Waals surface area contributed by atoms with E-state index in [1.807, 2.05) is 0 Å². The number of nitrogens with zero attached hydrogens (tertiary/aromatic N) is 4. The number of nitrogens with one attached hydrogen (secondary N) is 2. The molecule has 24 heavy (non-hydrogen) atoms. The average molecular weight is 336 g/mol. The number of aryl methyl sites for hydroxylation is 1. The minimum absolute atomic E-state index is 0.524. The topological polar surface area (TPSA) is 76.4 Å². The zero-order chi connectivity index (χ0) is 17.2. The molecule has 0 atom stereocenters. The molecule has 0 amide bonds. The van der Waals surface area contributed by atoms with Crippen LogP contribution in [0, 0.1) is 5.92 Å². The third kappa shape index (κ3) is 6.11. The van der Waals surface area contributed by atoms with E-state index in [4.69, 9.17) is 4.74 Å². The number of methoxy groups -OCH3 is 1. The molecular formula is C17H32N6O. The van der Waals surface area contributed by atoms with E-state index in [2.05, 4.69) is 44.2 Å². The van der Waals surface area contributed by atoms with Crippen molar-refractivity contribution in [2.45, 2.75) is 58.5 Å². The Balaban J connectivity index is 1.82. The van der Waals surface area contributed by atoms with Crippen molar-refractivity contribution in [1.82, 2.24) is 25.4 Å². The molecule has 0 aromatic carbocycles. The highest BCUT2D eigenvalue weighted by Gasteiger charge is 2.18. The van der Waals surface area contributed by atoms with Crippen LogP contribution in [0.4, 0.5) is 0 Å². The summed E-state index contributed by atoms with van der Waals surface area (Å²) in [6.45, 7) is 7.38. The molecule has 1 aliphatic rings. The Kier molecular flexibility index (Phi) is 8.01. The standard InChI is InChI=1S/C17H32N6O/c1-4-16-22-20-13-23(16)11-9-18-17(19-10-12-24-3)21-15-7-5-14(2)6-8-15/h13-15H,4-12H2,1-3H3,(H2,18,19,21). The summed E-state index contributed by atoms with van der Waals surface area (Å²) in [7, 11) is 1.71. The highest BCUT2D eigenvalue weighted by Crippen LogP contribution is 2.23. The molecule has 0 radical (unpaired) electrons. The van der Waals surface area contributed by atoms with Crippen LogP contribution in [0.15, 0.2) is 11.3 Å². The molecule has 1 aliphatic carbocycles. The first kappa shape index (κ1) is 18.7. The molecule has 2 rings (SSSR count). The first-order chi connectivity index (χ1) is 11.7. The summed E-state index contributed by atoms with van der Waals surface area (Å²) < 4.78 is 7.19. The number of guanidine groups is 1. The van der Waals surface area contributed by atoms with E-state index < -0.39 is 0 Å². The second-order valence-corrected chi connectivity index (χ2v) is 6.55. The Morgan fingerprint density at radius 2 is 2.17 bits per heavy atom. The molecule has 2 N–H and O–H groups in total. The van der Waals surface area contributed by atoms with E-state index >= 15 is 0 Å². The van der Waals surface area contributed by atoms with Crippen LogP contribution in [-0.4, -0.2) is 53.6 Å². The summed E-state index contributed by atoms with van der Waals surface area (Å²) in [5.41, 5.74) is 0. The monoisotopic (exact) mass is 336 g/mol. The maximum Gasteiger partial charge on any atom is 0.191 e. The summed E-state index contributed by atoms with van der Waals surface area (Å²) in [6, 6.07) is 0.524. The van der Waals surface area contributed by atoms with Gasteiger partial charge in [0.2, 0.25) is 0 Å². The molecule has 136 valence electrons. The van der Waals surface area contributed by atoms with Crippen LogP contribution in [0.3, 0.4) is 0 Å². The normalized spacial score (nSPS) is 21.7. The SMILES string of the molecule is CCc1nncn1CCNC(=NCCOC)NC1CCC(C)CC1. The number of hydrogen-bond acceptors (Lipinski definition) is 4. The van der Waals surface area contributed by atoms with Gasteiger partial charge in [0, 0.05) is 32.7 Å². The molecule has 0 spiro atoms. The van der Waals surface area contributed by atoms with Gasteiger partial charge in [-0.05, 0) is 31.6 Å². The van der Waals surface area contributed by atoms with Crippen molar-refractivity contribution in [3.05, 3.63) is 12.2 Å². The number of aliphatic imine (C=N–C) groups is 1. The predicted octanol–water partition coefficient (Wildman–Crippen LogP) is 1.60. The fourth-order valence-electron chi connectivity index (χ4n) is 3.03. The lowest BCUT2D eigenvalue weighted by molar-refractivity contribution is 0.207. The highest BCUT2D eigenvalue weighted by molar-refractivity contribution is 5.80. The van der Waals surface area contributed by atoms with E-state index in [0.717, 1.165) is 37.2 Å². The number of aromatic nitrogens is 3. The fourth-order valence-corrected chi connectivity index (χ4v) is 3.03. The molecule has 0 unspecified atom stereocenters. The van der Waals surface area contributed by atoms with Crippen LogP contribution in [0.1, 0.15) is 45.4 Å². The summed E-state index contributed by atoms with van der Waals surface area (Å²) in [5.74, 6) is 2.76. The summed E-state index contributed by atoms with van der Waals surface area (Å²) in [6.07, 6.45) is 7.72. The van der Waals surface area contributed by atoms with Crippen LogP contribution in [0.2, 0.25) is 0 Å². The zero-order valence-corrected chi connectivity index (χ0v) is 15.3. The van der Waals surface area contributed by atoms with Crippen molar-refractivity contribution < 1.29 is 4.74 Å². The van der Waals surface area contributed by atoms with Crippen molar-refractivity contribution in [3.63, 3.8) is 0 Å². The molecule has 1 fully saturated rings. The van der Waals surface area contributed by atoms with E-state index in [-0.39, 0.29) is 0 Å². The lowest BCUT2D eigenvalue weighted by Crippen LogP contribution is -2.45. The van der Waals surface area contributed by atoms with Gasteiger partial charge < -0.3 is 19.9 Å². The van der Waals surface area contributed by atoms with E-state index in [1.54, 1.807) is 13.4 Å². The molecule has 7 nitrogen and oxygen atoms in total. The van der Waals surface area contributed by atoms with Crippen molar-refractivity contribution in [2.24, 2.45) is 10.9 Å². The van der Waals surface area contributed by atoms with E-state index in [1.165, 1.54) is 25.7 Å². The molecular weight excluding hydrogens is 304 g/mol. The average Bonchev–Trinajstić information content (AvgIpc) is 3.04. The molecule has 0 aliphatic heterocycles. The van der Waals surface area contributed by atoms with Gasteiger partial charge in [-0.15, -0.1) is 10.2 Å². The van der Waals surface area contributed by atoms with Gasteiger partial charge in [-0.1, -0.05) is 13.8 Å². The highest BCUT2D eigenvalue weighted by atomic mass is 16.5. The largest absolute Gasteiger partial charge is 0.383 e. The molecule has 1 saturated carbocycles. The zero-order valence-electron chi connectivity index (χ0n) is 15.3. The third-order valence-electron chi connectivity index (χ3n) is 4.58. The van der Waals surface area contributed by atoms with Crippen LogP contribution >= 0.6 is 0 Å². The van der Waals surface area contributed by atoms with E-state index in [9.17, 15) is 0 Å². The van der Waals surface area contributed by atoms with Gasteiger partial charge in [0.15, 0.2) is 5.96 Å². The van der Waals surface area contributed by atoms with Gasteiger partial charge in [-0.3, -0.25) is 4.99 Å². The second-order valence-electron chi connectivity index (χ2n) is 6.55. The van der Waals surface area contributed by atoms with Crippen LogP contribution in [0.5, 0.6) is 0 Å². The van der Waals surface area contributed by atoms with Gasteiger partial charge in [-0.2, -0.15) is 0 Å². The first-order valence-corrected chi connectivity index (χ1v) is 9.13. The number of ether oxygens (including phenoxy) is 1. The molecule has 1 heterocycles. The first-order valence-electron chi connectivity index (χ1n) is 9.13. The molecule has 1 aromatic heterocycles. The van der Waals surface area contributed by atoms with Crippen molar-refractivity contribution in [1.29, 1.82) is 0 Å². The van der Waals surface area contributed by atoms with Crippen LogP contribution in [0.25, 0.3) is 0 Å². The molecule has 0 saturated heterocycles. The lowest BCUT2D eigenvalue weighted by Gasteiger charge is -2.28. The van der Waals surface area contributed by atoms with Gasteiger partial charge in [-0.25, -0.2) is 0 Å². The molecule has 7 heteroatoms. The van der Waals surface area contributed by atoms with Crippen LogP contribution < -0.4 is 10.6 Å². The smallest absolute Gasteiger partial charge is 0.191 e. The Morgan fingerprint density at radius 3 is 2.88 bits per heavy atom. The Morgan fingerprint density at radius 1 is 1.38 bits per heavy atom. The van der Waals surface area contributed by atoms with Crippen molar-refractivity contribution >= 4 is 5.96 Å². The Hall–Kier alpha value is -1.63. The Bertz CT molecular complexity index is 493. The number of hydrogen-bond donors (Lipinski definition) is 2. The number of rotatable bonds is 8. The minimum Gasteiger partial charge on any atom is -0.383 e. The molecule has 1 aromatic rings. The van der Waals surface area contributed by atoms with Crippen LogP contribution in [-0.2, 0) is 17.7 Å². The quantitative estimate of drug-likeness (QED) is 0.428. The second kappa shape index (κ2) is 10.3. The summed E-state index contributed by atoms with van der Waals surface area (Å²) in [5, 5.41) is 15.1. The summed E-state index contributed by atoms with van der Waals surface area (Å²) >= 11 is 0. The van der Waals surface area contributed by atoms with E-state index in [0.29, 0.717) is 19.2 Å². The van der Waals surface area contributed by atoms with Gasteiger partial charge in [0.25, 0.3) is 0 Å². The van der Waals surface area contributed by atoms with Gasteiger partial charge >= 0.3 is 0 Å². The van der Waals surface area contributed by atoms with Crippen molar-refractivity contribution in [2.75, 3.05) is 26.8 Å². The lowest BCUT2D eigenvalue weighted by atomic mass is 9.87. The molecule has 0 bridgehead atoms. The maximum absolute atomic E-state index is 5.11. The minimum atomic E-state index is 0.524. The third-order valence-corrected chi connectivity index (χ3v) is 4.58. The van der Waals surface area contributed by atoms with Crippen molar-refractivity contribution in [3.8, 4) is 0 Å². The summed E-state index contributed by atoms with van der Waals surface area (Å²) in [4.78, 5) is 4.62.